The molecule has 3 aromatic heterocycles. The van der Waals surface area contributed by atoms with Crippen molar-refractivity contribution < 1.29 is 94.5 Å². The van der Waals surface area contributed by atoms with Crippen LogP contribution < -0.4 is 25.3 Å². The second kappa shape index (κ2) is 25.9. The summed E-state index contributed by atoms with van der Waals surface area (Å²) in [4.78, 5) is 30.7. The van der Waals surface area contributed by atoms with E-state index >= 15 is 0 Å². The molecule has 4 aromatic carbocycles. The molecule has 3 saturated heterocycles. The zero-order valence-electron chi connectivity index (χ0n) is 47.9. The molecule has 0 aliphatic carbocycles. The number of rotatable bonds is 15. The van der Waals surface area contributed by atoms with Gasteiger partial charge in [-0.3, -0.25) is 4.79 Å². The zero-order valence-corrected chi connectivity index (χ0v) is 47.9. The van der Waals surface area contributed by atoms with E-state index in [1.54, 1.807) is 91.9 Å². The summed E-state index contributed by atoms with van der Waals surface area (Å²) in [5.41, 5.74) is 16.0. The fraction of sp³-hybridized carbons (Fsp3) is 0.308. The lowest BCUT2D eigenvalue weighted by atomic mass is 9.99. The van der Waals surface area contributed by atoms with E-state index in [9.17, 15) is 66.1 Å². The number of nitrogens with two attached hydrogens (primary N) is 1. The summed E-state index contributed by atoms with van der Waals surface area (Å²) in [6.07, 6.45) is -15.2. The summed E-state index contributed by atoms with van der Waals surface area (Å²) in [5, 5.41) is 128. The van der Waals surface area contributed by atoms with Crippen LogP contribution in [0.5, 0.6) is 17.2 Å². The summed E-state index contributed by atoms with van der Waals surface area (Å²) in [6.45, 7) is -0.350. The van der Waals surface area contributed by atoms with Crippen LogP contribution in [0.4, 0.5) is 5.69 Å². The molecule has 7 aromatic rings. The molecule has 5 aliphatic rings. The number of hydrogen-bond acceptors (Lipinski definition) is 22. The van der Waals surface area contributed by atoms with Gasteiger partial charge in [0.05, 0.1) is 48.6 Å². The molecule has 1 amide bonds. The Balaban J connectivity index is 1.04. The van der Waals surface area contributed by atoms with Crippen molar-refractivity contribution in [3.05, 3.63) is 144 Å². The first-order valence-corrected chi connectivity index (χ1v) is 29.0. The van der Waals surface area contributed by atoms with E-state index in [4.69, 9.17) is 44.1 Å². The highest BCUT2D eigenvalue weighted by Gasteiger charge is 2.47. The van der Waals surface area contributed by atoms with Gasteiger partial charge in [-0.05, 0) is 126 Å². The van der Waals surface area contributed by atoms with Crippen LogP contribution in [0.2, 0.25) is 0 Å². The quantitative estimate of drug-likeness (QED) is 0.0699. The predicted octanol–water partition coefficient (Wildman–Crippen LogP) is 2.15. The Morgan fingerprint density at radius 3 is 0.956 bits per heavy atom. The number of nitrogens with one attached hydrogen (secondary N) is 3. The van der Waals surface area contributed by atoms with Gasteiger partial charge in [0.1, 0.15) is 90.5 Å². The van der Waals surface area contributed by atoms with Crippen LogP contribution >= 0.6 is 0 Å². The third-order valence-electron chi connectivity index (χ3n) is 16.3. The maximum absolute atomic E-state index is 12.7. The number of hydrogen-bond donors (Lipinski definition) is 16. The first kappa shape index (κ1) is 61.9. The minimum atomic E-state index is -1.67. The number of aromatic nitrogens is 4. The lowest BCUT2D eigenvalue weighted by molar-refractivity contribution is -0.277. The van der Waals surface area contributed by atoms with E-state index in [0.29, 0.717) is 95.0 Å². The molecule has 25 heteroatoms. The van der Waals surface area contributed by atoms with Gasteiger partial charge in [-0.1, -0.05) is 48.5 Å². The summed E-state index contributed by atoms with van der Waals surface area (Å²) < 4.78 is 34.9. The Bertz CT molecular complexity index is 3890. The van der Waals surface area contributed by atoms with Gasteiger partial charge in [0.15, 0.2) is 0 Å². The third kappa shape index (κ3) is 12.1. The maximum atomic E-state index is 12.7. The number of fused-ring (bicyclic) bond motifs is 8. The van der Waals surface area contributed by atoms with Gasteiger partial charge in [-0.2, -0.15) is 0 Å². The van der Waals surface area contributed by atoms with Gasteiger partial charge in [-0.15, -0.1) is 0 Å². The number of ether oxygens (including phenoxy) is 6. The summed E-state index contributed by atoms with van der Waals surface area (Å²) in [7, 11) is 0. The molecule has 5 aliphatic heterocycles. The number of H-pyrrole nitrogens is 2. The van der Waals surface area contributed by atoms with Gasteiger partial charge in [0.2, 0.25) is 24.8 Å². The van der Waals surface area contributed by atoms with Gasteiger partial charge >= 0.3 is 0 Å². The van der Waals surface area contributed by atoms with Crippen LogP contribution in [0.1, 0.15) is 29.7 Å². The average Bonchev–Trinajstić information content (AvgIpc) is 1.64. The number of amides is 1. The van der Waals surface area contributed by atoms with Crippen molar-refractivity contribution in [3.63, 3.8) is 0 Å². The molecule has 8 heterocycles. The lowest BCUT2D eigenvalue weighted by Gasteiger charge is -2.39. The van der Waals surface area contributed by atoms with Crippen LogP contribution in [0.25, 0.3) is 90.9 Å². The van der Waals surface area contributed by atoms with Crippen molar-refractivity contribution >= 4 is 58.0 Å². The van der Waals surface area contributed by atoms with Crippen molar-refractivity contribution in [1.82, 2.24) is 19.9 Å². The molecule has 0 spiro atoms. The molecule has 3 fully saturated rings. The molecule has 25 nitrogen and oxygen atoms in total. The van der Waals surface area contributed by atoms with E-state index in [1.807, 2.05) is 60.7 Å². The molecule has 90 heavy (non-hydrogen) atoms. The van der Waals surface area contributed by atoms with Crippen LogP contribution in [-0.4, -0.2) is 205 Å². The van der Waals surface area contributed by atoms with E-state index < -0.39 is 118 Å². The third-order valence-corrected chi connectivity index (χ3v) is 16.3. The molecular weight excluding hydrogens is 1170 g/mol. The highest BCUT2D eigenvalue weighted by Crippen LogP contribution is 2.41. The molecule has 12 rings (SSSR count). The van der Waals surface area contributed by atoms with E-state index in [1.165, 1.54) is 0 Å². The number of carbonyl (C=O) groups excluding carboxylic acids is 1. The fourth-order valence-electron chi connectivity index (χ4n) is 11.4. The summed E-state index contributed by atoms with van der Waals surface area (Å²) >= 11 is 0. The standard InChI is InChI=1S/C65H66N6O19/c1-29(66)62(84)67-34-10-2-30(3-11-34)49-38-18-20-40(68-38)50(31-4-12-35(13-5-31)85-63-59(81)56(78)53(75)46(26-72)88-63)42-22-24-44(70-42)52(33-8-16-37(17-9-33)87-65-61(83)58(80)55(77)48(28-74)90-65)45-25-23-43(71-45)51(41-21-19-39(49)69-41)32-6-14-36(15-7-32)86-64-60(82)57(79)54(76)47(27-73)89-64/h2-25,29,46-48,53-61,63-65,68,71-83H,26-28,66H2,1H3,(H,67,84)/t29-,46+,47+,48+,53+,54+,55+,56-,57-,58-,59+,60+,61+,63+,64+,65+/m0/s1. The molecule has 16 atom stereocenters. The van der Waals surface area contributed by atoms with E-state index in [0.717, 1.165) is 0 Å². The molecule has 8 bridgehead atoms. The highest BCUT2D eigenvalue weighted by molar-refractivity contribution is 6.00. The number of aliphatic hydroxyl groups is 12. The smallest absolute Gasteiger partial charge is 0.240 e. The van der Waals surface area contributed by atoms with Crippen molar-refractivity contribution in [3.8, 4) is 61.8 Å². The van der Waals surface area contributed by atoms with Crippen LogP contribution in [0.15, 0.2) is 121 Å². The van der Waals surface area contributed by atoms with Crippen molar-refractivity contribution in [2.24, 2.45) is 5.73 Å². The number of anilines is 1. The van der Waals surface area contributed by atoms with Crippen LogP contribution in [0, 0.1) is 0 Å². The SMILES string of the molecule is C[C@H](N)C(=O)Nc1ccc(-c2c3nc(c(-c4ccc(O[C@@H]5O[C@H](CO)[C@@H](O)[C@H](O)[C@H]5O)cc4)c4ccc([nH]4)c(-c4ccc(O[C@@H]5O[C@H](CO)[C@@H](O)[C@H](O)[C@H]5O)cc4)c4nc(c(-c5ccc(O[C@@H]6O[C@H](CO)[C@@H](O)[C@H](O)[C@H]6O)cc5)c5ccc2[nH]5)C=C4)C=C3)cc1. The van der Waals surface area contributed by atoms with E-state index in [2.05, 4.69) is 15.3 Å². The lowest BCUT2D eigenvalue weighted by Crippen LogP contribution is -2.60. The van der Waals surface area contributed by atoms with Crippen LogP contribution in [-0.2, 0) is 19.0 Å². The summed E-state index contributed by atoms with van der Waals surface area (Å²) in [6, 6.07) is 34.4. The first-order chi connectivity index (χ1) is 43.4. The molecule has 0 unspecified atom stereocenters. The van der Waals surface area contributed by atoms with E-state index in [-0.39, 0.29) is 23.2 Å². The molecule has 0 radical (unpaired) electrons. The second-order valence-electron chi connectivity index (χ2n) is 22.4. The number of carbonyl (C=O) groups is 1. The van der Waals surface area contributed by atoms with Gasteiger partial charge in [0.25, 0.3) is 0 Å². The van der Waals surface area contributed by atoms with Crippen molar-refractivity contribution in [1.29, 1.82) is 0 Å². The Kier molecular flexibility index (Phi) is 17.8. The Morgan fingerprint density at radius 1 is 0.433 bits per heavy atom. The Hall–Kier alpha value is -8.29. The Labute approximate surface area is 512 Å². The van der Waals surface area contributed by atoms with Crippen molar-refractivity contribution in [2.75, 3.05) is 25.1 Å². The average molecular weight is 1240 g/mol. The van der Waals surface area contributed by atoms with Crippen molar-refractivity contribution in [2.45, 2.75) is 105 Å². The highest BCUT2D eigenvalue weighted by atomic mass is 16.7. The monoisotopic (exact) mass is 1230 g/mol. The number of benzene rings is 4. The molecule has 0 saturated carbocycles. The van der Waals surface area contributed by atoms with Gasteiger partial charge < -0.3 is 111 Å². The molecule has 17 N–H and O–H groups in total. The maximum Gasteiger partial charge on any atom is 0.240 e. The largest absolute Gasteiger partial charge is 0.462 e. The fourth-order valence-corrected chi connectivity index (χ4v) is 11.4. The summed E-state index contributed by atoms with van der Waals surface area (Å²) in [5.74, 6) is 0.286. The number of nitrogens with zero attached hydrogens (tertiary/aromatic N) is 2. The second-order valence-corrected chi connectivity index (χ2v) is 22.4. The normalized spacial score (nSPS) is 27.7. The zero-order chi connectivity index (χ0) is 63.2. The van der Waals surface area contributed by atoms with Gasteiger partial charge in [0, 0.05) is 50.0 Å². The minimum Gasteiger partial charge on any atom is -0.462 e. The Morgan fingerprint density at radius 2 is 0.700 bits per heavy atom. The first-order valence-electron chi connectivity index (χ1n) is 29.0. The minimum absolute atomic E-state index is 0.213. The molecule has 470 valence electrons. The van der Waals surface area contributed by atoms with Gasteiger partial charge in [-0.25, -0.2) is 9.97 Å². The molecular formula is C65H66N6O19. The topological polar surface area (TPSA) is 411 Å². The van der Waals surface area contributed by atoms with Crippen LogP contribution in [0.3, 0.4) is 0 Å². The predicted molar refractivity (Wildman–Crippen MR) is 326 cm³/mol. The number of aromatic amines is 2. The number of aliphatic hydroxyl groups excluding tert-OH is 12.